The van der Waals surface area contributed by atoms with Crippen molar-refractivity contribution in [3.63, 3.8) is 0 Å². The molecule has 0 aliphatic carbocycles. The van der Waals surface area contributed by atoms with Crippen molar-refractivity contribution in [2.75, 3.05) is 31.6 Å². The van der Waals surface area contributed by atoms with Crippen LogP contribution >= 0.6 is 0 Å². The number of amides is 1. The van der Waals surface area contributed by atoms with Crippen LogP contribution in [0.3, 0.4) is 0 Å². The molecule has 0 bridgehead atoms. The zero-order chi connectivity index (χ0) is 20.0. The lowest BCUT2D eigenvalue weighted by Gasteiger charge is -2.27. The minimum Gasteiger partial charge on any atom is -0.410 e. The van der Waals surface area contributed by atoms with Gasteiger partial charge in [-0.3, -0.25) is 10.2 Å². The third kappa shape index (κ3) is 6.43. The Labute approximate surface area is 159 Å². The van der Waals surface area contributed by atoms with Gasteiger partial charge < -0.3 is 14.2 Å². The number of carbonyl (C=O) groups is 1. The summed E-state index contributed by atoms with van der Waals surface area (Å²) in [6.45, 7) is 2.87. The van der Waals surface area contributed by atoms with E-state index in [1.165, 1.54) is 6.07 Å². The third-order valence-corrected chi connectivity index (χ3v) is 3.91. The molecule has 9 heteroatoms. The van der Waals surface area contributed by atoms with Crippen molar-refractivity contribution in [2.24, 2.45) is 0 Å². The molecule has 2 aromatic rings. The zero-order valence-corrected chi connectivity index (χ0v) is 14.9. The van der Waals surface area contributed by atoms with Gasteiger partial charge in [0.1, 0.15) is 11.5 Å². The molecule has 1 fully saturated rings. The van der Waals surface area contributed by atoms with E-state index in [-0.39, 0.29) is 5.69 Å². The molecule has 1 amide bonds. The number of nitrogens with zero attached hydrogens (tertiary/aromatic N) is 1. The van der Waals surface area contributed by atoms with E-state index in [0.29, 0.717) is 44.2 Å². The zero-order valence-electron chi connectivity index (χ0n) is 14.9. The van der Waals surface area contributed by atoms with Crippen LogP contribution in [0, 0.1) is 0 Å². The second kappa shape index (κ2) is 8.94. The Bertz CT molecular complexity index is 794. The van der Waals surface area contributed by atoms with Gasteiger partial charge in [-0.25, -0.2) is 4.79 Å². The fourth-order valence-electron chi connectivity index (χ4n) is 2.77. The Morgan fingerprint density at radius 2 is 1.79 bits per heavy atom. The molecule has 1 N–H and O–H groups in total. The van der Waals surface area contributed by atoms with E-state index in [2.05, 4.69) is 10.1 Å². The number of ether oxygens (including phenoxy) is 3. The topological polar surface area (TPSA) is 60.0 Å². The van der Waals surface area contributed by atoms with Gasteiger partial charge in [-0.2, -0.15) is 0 Å². The average Bonchev–Trinajstić information content (AvgIpc) is 2.61. The lowest BCUT2D eigenvalue weighted by Crippen LogP contribution is -2.35. The Morgan fingerprint density at radius 1 is 1.07 bits per heavy atom. The van der Waals surface area contributed by atoms with E-state index in [1.807, 2.05) is 4.90 Å². The molecule has 0 radical (unpaired) electrons. The molecule has 0 saturated carbocycles. The van der Waals surface area contributed by atoms with Crippen LogP contribution in [0.5, 0.6) is 11.5 Å². The first-order valence-electron chi connectivity index (χ1n) is 8.61. The highest BCUT2D eigenvalue weighted by molar-refractivity contribution is 5.86. The van der Waals surface area contributed by atoms with Crippen molar-refractivity contribution in [3.05, 3.63) is 54.1 Å². The molecule has 0 spiro atoms. The maximum Gasteiger partial charge on any atom is 0.573 e. The fourth-order valence-corrected chi connectivity index (χ4v) is 2.77. The summed E-state index contributed by atoms with van der Waals surface area (Å²) < 4.78 is 52.4. The van der Waals surface area contributed by atoms with Gasteiger partial charge in [0, 0.05) is 31.4 Å². The van der Waals surface area contributed by atoms with E-state index in [9.17, 15) is 18.0 Å². The van der Waals surface area contributed by atoms with Crippen molar-refractivity contribution in [1.82, 2.24) is 4.90 Å². The number of para-hydroxylation sites is 1. The molecule has 2 aromatic carbocycles. The molecule has 0 unspecified atom stereocenters. The maximum absolute atomic E-state index is 12.7. The lowest BCUT2D eigenvalue weighted by atomic mass is 10.1. The SMILES string of the molecule is O=C(Nc1cc(CN2CCOCC2)cc(OC(F)(F)F)c1)Oc1ccccc1. The van der Waals surface area contributed by atoms with E-state index < -0.39 is 18.2 Å². The summed E-state index contributed by atoms with van der Waals surface area (Å²) in [5.41, 5.74) is 0.713. The quantitative estimate of drug-likeness (QED) is 0.827. The van der Waals surface area contributed by atoms with E-state index in [4.69, 9.17) is 9.47 Å². The van der Waals surface area contributed by atoms with Crippen LogP contribution in [-0.2, 0) is 11.3 Å². The number of benzene rings is 2. The van der Waals surface area contributed by atoms with Crippen molar-refractivity contribution in [3.8, 4) is 11.5 Å². The number of halogens is 3. The molecule has 1 saturated heterocycles. The number of anilines is 1. The first-order chi connectivity index (χ1) is 13.4. The van der Waals surface area contributed by atoms with Crippen LogP contribution in [-0.4, -0.2) is 43.7 Å². The first-order valence-corrected chi connectivity index (χ1v) is 8.61. The Balaban J connectivity index is 1.74. The predicted octanol–water partition coefficient (Wildman–Crippen LogP) is 4.03. The molecule has 1 aliphatic heterocycles. The Hall–Kier alpha value is -2.78. The molecule has 1 heterocycles. The fraction of sp³-hybridized carbons (Fsp3) is 0.316. The number of rotatable bonds is 5. The molecular weight excluding hydrogens is 377 g/mol. The van der Waals surface area contributed by atoms with Crippen molar-refractivity contribution >= 4 is 11.8 Å². The van der Waals surface area contributed by atoms with Crippen molar-refractivity contribution in [2.45, 2.75) is 12.9 Å². The number of nitrogens with one attached hydrogen (secondary N) is 1. The van der Waals surface area contributed by atoms with Gasteiger partial charge in [0.05, 0.1) is 13.2 Å². The van der Waals surface area contributed by atoms with Crippen LogP contribution in [0.25, 0.3) is 0 Å². The highest BCUT2D eigenvalue weighted by Gasteiger charge is 2.31. The van der Waals surface area contributed by atoms with Crippen LogP contribution in [0.2, 0.25) is 0 Å². The summed E-state index contributed by atoms with van der Waals surface area (Å²) in [6, 6.07) is 12.3. The van der Waals surface area contributed by atoms with Gasteiger partial charge in [0.2, 0.25) is 0 Å². The predicted molar refractivity (Wildman–Crippen MR) is 95.3 cm³/mol. The standard InChI is InChI=1S/C19H19F3N2O4/c20-19(21,22)28-17-11-14(13-24-6-8-26-9-7-24)10-15(12-17)23-18(25)27-16-4-2-1-3-5-16/h1-5,10-12H,6-9,13H2,(H,23,25). The number of alkyl halides is 3. The summed E-state index contributed by atoms with van der Waals surface area (Å²) in [4.78, 5) is 14.1. The average molecular weight is 396 g/mol. The second-order valence-corrected chi connectivity index (χ2v) is 6.13. The first kappa shape index (κ1) is 20.0. The van der Waals surface area contributed by atoms with Crippen LogP contribution in [0.1, 0.15) is 5.56 Å². The number of hydrogen-bond acceptors (Lipinski definition) is 5. The van der Waals surface area contributed by atoms with Crippen molar-refractivity contribution < 1.29 is 32.2 Å². The van der Waals surface area contributed by atoms with E-state index in [1.54, 1.807) is 36.4 Å². The van der Waals surface area contributed by atoms with Gasteiger partial charge in [-0.1, -0.05) is 18.2 Å². The van der Waals surface area contributed by atoms with Gasteiger partial charge >= 0.3 is 12.5 Å². The number of morpholine rings is 1. The lowest BCUT2D eigenvalue weighted by molar-refractivity contribution is -0.274. The molecule has 150 valence electrons. The molecule has 28 heavy (non-hydrogen) atoms. The normalized spacial score (nSPS) is 15.1. The molecular formula is C19H19F3N2O4. The minimum absolute atomic E-state index is 0.144. The largest absolute Gasteiger partial charge is 0.573 e. The molecule has 1 aliphatic rings. The number of hydrogen-bond donors (Lipinski definition) is 1. The Morgan fingerprint density at radius 3 is 2.46 bits per heavy atom. The maximum atomic E-state index is 12.7. The van der Waals surface area contributed by atoms with Crippen LogP contribution < -0.4 is 14.8 Å². The minimum atomic E-state index is -4.83. The summed E-state index contributed by atoms with van der Waals surface area (Å²) in [7, 11) is 0. The summed E-state index contributed by atoms with van der Waals surface area (Å²) in [5.74, 6) is -0.0930. The summed E-state index contributed by atoms with van der Waals surface area (Å²) in [6.07, 6.45) is -5.65. The summed E-state index contributed by atoms with van der Waals surface area (Å²) >= 11 is 0. The van der Waals surface area contributed by atoms with Crippen LogP contribution in [0.4, 0.5) is 23.7 Å². The highest BCUT2D eigenvalue weighted by atomic mass is 19.4. The number of carbonyl (C=O) groups excluding carboxylic acids is 1. The monoisotopic (exact) mass is 396 g/mol. The van der Waals surface area contributed by atoms with E-state index in [0.717, 1.165) is 6.07 Å². The molecule has 3 rings (SSSR count). The summed E-state index contributed by atoms with van der Waals surface area (Å²) in [5, 5.41) is 2.44. The van der Waals surface area contributed by atoms with Crippen molar-refractivity contribution in [1.29, 1.82) is 0 Å². The van der Waals surface area contributed by atoms with Gasteiger partial charge in [0.15, 0.2) is 0 Å². The van der Waals surface area contributed by atoms with Gasteiger partial charge in [-0.15, -0.1) is 13.2 Å². The Kier molecular flexibility index (Phi) is 6.37. The highest BCUT2D eigenvalue weighted by Crippen LogP contribution is 2.28. The third-order valence-electron chi connectivity index (χ3n) is 3.91. The van der Waals surface area contributed by atoms with E-state index >= 15 is 0 Å². The second-order valence-electron chi connectivity index (χ2n) is 6.13. The molecule has 0 aromatic heterocycles. The van der Waals surface area contributed by atoms with Gasteiger partial charge in [0.25, 0.3) is 0 Å². The van der Waals surface area contributed by atoms with Crippen LogP contribution in [0.15, 0.2) is 48.5 Å². The molecule has 0 atom stereocenters. The smallest absolute Gasteiger partial charge is 0.410 e. The molecule has 6 nitrogen and oxygen atoms in total. The van der Waals surface area contributed by atoms with Gasteiger partial charge in [-0.05, 0) is 29.8 Å².